The molecule has 0 bridgehead atoms. The smallest absolute Gasteiger partial charge is 0.278 e. The minimum atomic E-state index is -0.578. The van der Waals surface area contributed by atoms with Crippen LogP contribution in [0.15, 0.2) is 24.8 Å². The summed E-state index contributed by atoms with van der Waals surface area (Å²) < 4.78 is 10.3. The van der Waals surface area contributed by atoms with Gasteiger partial charge in [-0.15, -0.1) is 0 Å². The first-order chi connectivity index (χ1) is 8.13. The lowest BCUT2D eigenvalue weighted by molar-refractivity contribution is -0.385. The van der Waals surface area contributed by atoms with Gasteiger partial charge < -0.3 is 14.6 Å². The molecule has 0 fully saturated rings. The zero-order valence-electron chi connectivity index (χ0n) is 9.38. The minimum absolute atomic E-state index is 0.179. The number of nitro groups is 1. The molecule has 17 heavy (non-hydrogen) atoms. The fourth-order valence-corrected chi connectivity index (χ4v) is 1.31. The second kappa shape index (κ2) is 5.86. The zero-order valence-corrected chi connectivity index (χ0v) is 9.38. The van der Waals surface area contributed by atoms with E-state index in [9.17, 15) is 10.1 Å². The Labute approximate surface area is 98.2 Å². The molecule has 0 unspecified atom stereocenters. The Bertz CT molecular complexity index is 430. The highest BCUT2D eigenvalue weighted by molar-refractivity contribution is 5.54. The van der Waals surface area contributed by atoms with Crippen molar-refractivity contribution in [1.82, 2.24) is 0 Å². The maximum Gasteiger partial charge on any atom is 0.278 e. The standard InChI is InChI=1S/C11H13NO5/c1-3-4-17-11-6-9(12(14)15)8(7-13)5-10(11)16-2/h3,5-6,13H,1,4,7H2,2H3. The number of rotatable bonds is 6. The van der Waals surface area contributed by atoms with Crippen molar-refractivity contribution in [2.75, 3.05) is 13.7 Å². The highest BCUT2D eigenvalue weighted by atomic mass is 16.6. The van der Waals surface area contributed by atoms with E-state index in [4.69, 9.17) is 14.6 Å². The largest absolute Gasteiger partial charge is 0.493 e. The van der Waals surface area contributed by atoms with Crippen LogP contribution in [-0.4, -0.2) is 23.7 Å². The predicted octanol–water partition coefficient (Wildman–Crippen LogP) is 1.66. The summed E-state index contributed by atoms with van der Waals surface area (Å²) in [6, 6.07) is 2.62. The normalized spacial score (nSPS) is 9.76. The summed E-state index contributed by atoms with van der Waals surface area (Å²) in [5.74, 6) is 0.581. The van der Waals surface area contributed by atoms with Crippen LogP contribution in [0.2, 0.25) is 0 Å². The molecule has 0 aliphatic rings. The molecule has 0 heterocycles. The number of benzene rings is 1. The molecule has 6 heteroatoms. The van der Waals surface area contributed by atoms with Crippen LogP contribution in [0.25, 0.3) is 0 Å². The van der Waals surface area contributed by atoms with Gasteiger partial charge in [-0.1, -0.05) is 12.7 Å². The number of nitro benzene ring substituents is 1. The van der Waals surface area contributed by atoms with E-state index in [-0.39, 0.29) is 23.6 Å². The first-order valence-electron chi connectivity index (χ1n) is 4.83. The van der Waals surface area contributed by atoms with Crippen molar-refractivity contribution in [1.29, 1.82) is 0 Å². The van der Waals surface area contributed by atoms with Gasteiger partial charge in [0.15, 0.2) is 11.5 Å². The van der Waals surface area contributed by atoms with Gasteiger partial charge in [0, 0.05) is 0 Å². The van der Waals surface area contributed by atoms with Crippen LogP contribution < -0.4 is 9.47 Å². The molecule has 1 rings (SSSR count). The molecule has 6 nitrogen and oxygen atoms in total. The van der Waals surface area contributed by atoms with Gasteiger partial charge in [-0.05, 0) is 6.07 Å². The number of nitrogens with zero attached hydrogens (tertiary/aromatic N) is 1. The number of ether oxygens (including phenoxy) is 2. The Hall–Kier alpha value is -2.08. The van der Waals surface area contributed by atoms with Gasteiger partial charge in [-0.2, -0.15) is 0 Å². The van der Waals surface area contributed by atoms with Crippen molar-refractivity contribution in [3.05, 3.63) is 40.5 Å². The van der Waals surface area contributed by atoms with Crippen LogP contribution in [-0.2, 0) is 6.61 Å². The SMILES string of the molecule is C=CCOc1cc([N+](=O)[O-])c(CO)cc1OC. The molecule has 0 atom stereocenters. The van der Waals surface area contributed by atoms with Crippen molar-refractivity contribution in [3.8, 4) is 11.5 Å². The Kier molecular flexibility index (Phi) is 4.47. The molecule has 1 aromatic carbocycles. The van der Waals surface area contributed by atoms with E-state index in [0.29, 0.717) is 5.75 Å². The minimum Gasteiger partial charge on any atom is -0.493 e. The fraction of sp³-hybridized carbons (Fsp3) is 0.273. The van der Waals surface area contributed by atoms with E-state index in [1.54, 1.807) is 0 Å². The quantitative estimate of drug-likeness (QED) is 0.463. The van der Waals surface area contributed by atoms with E-state index in [0.717, 1.165) is 0 Å². The third kappa shape index (κ3) is 2.94. The molecule has 0 amide bonds. The summed E-state index contributed by atoms with van der Waals surface area (Å²) in [6.45, 7) is 3.26. The van der Waals surface area contributed by atoms with Gasteiger partial charge in [0.1, 0.15) is 6.61 Å². The molecule has 0 saturated carbocycles. The number of aliphatic hydroxyl groups is 1. The van der Waals surface area contributed by atoms with E-state index in [1.165, 1.54) is 25.3 Å². The lowest BCUT2D eigenvalue weighted by Crippen LogP contribution is -2.01. The van der Waals surface area contributed by atoms with Crippen molar-refractivity contribution >= 4 is 5.69 Å². The van der Waals surface area contributed by atoms with E-state index >= 15 is 0 Å². The average molecular weight is 239 g/mol. The summed E-state index contributed by atoms with van der Waals surface area (Å²) in [5.41, 5.74) is -0.0230. The van der Waals surface area contributed by atoms with Crippen molar-refractivity contribution < 1.29 is 19.5 Å². The molecule has 0 aromatic heterocycles. The lowest BCUT2D eigenvalue weighted by Gasteiger charge is -2.10. The van der Waals surface area contributed by atoms with E-state index in [1.807, 2.05) is 0 Å². The predicted molar refractivity (Wildman–Crippen MR) is 61.3 cm³/mol. The summed E-state index contributed by atoms with van der Waals surface area (Å²) in [4.78, 5) is 10.2. The first-order valence-corrected chi connectivity index (χ1v) is 4.83. The molecule has 92 valence electrons. The molecule has 0 spiro atoms. The van der Waals surface area contributed by atoms with Crippen LogP contribution in [0.5, 0.6) is 11.5 Å². The lowest BCUT2D eigenvalue weighted by atomic mass is 10.1. The third-order valence-electron chi connectivity index (χ3n) is 2.09. The maximum atomic E-state index is 10.8. The Morgan fingerprint density at radius 1 is 1.53 bits per heavy atom. The summed E-state index contributed by atoms with van der Waals surface area (Å²) in [5, 5.41) is 19.8. The van der Waals surface area contributed by atoms with Crippen LogP contribution in [0.1, 0.15) is 5.56 Å². The molecule has 0 aliphatic heterocycles. The fourth-order valence-electron chi connectivity index (χ4n) is 1.31. The average Bonchev–Trinajstić information content (AvgIpc) is 2.34. The molecule has 0 saturated heterocycles. The third-order valence-corrected chi connectivity index (χ3v) is 2.09. The Balaban J connectivity index is 3.23. The second-order valence-corrected chi connectivity index (χ2v) is 3.15. The Morgan fingerprint density at radius 2 is 2.24 bits per heavy atom. The molecular formula is C11H13NO5. The molecule has 0 aliphatic carbocycles. The Morgan fingerprint density at radius 3 is 2.71 bits per heavy atom. The number of methoxy groups -OCH3 is 1. The van der Waals surface area contributed by atoms with Crippen LogP contribution >= 0.6 is 0 Å². The summed E-state index contributed by atoms with van der Waals surface area (Å²) >= 11 is 0. The van der Waals surface area contributed by atoms with Gasteiger partial charge in [0.2, 0.25) is 0 Å². The highest BCUT2D eigenvalue weighted by Gasteiger charge is 2.18. The second-order valence-electron chi connectivity index (χ2n) is 3.15. The molecule has 1 N–H and O–H groups in total. The maximum absolute atomic E-state index is 10.8. The van der Waals surface area contributed by atoms with Crippen LogP contribution in [0.4, 0.5) is 5.69 Å². The van der Waals surface area contributed by atoms with E-state index in [2.05, 4.69) is 6.58 Å². The molecular weight excluding hydrogens is 226 g/mol. The number of hydrogen-bond donors (Lipinski definition) is 1. The highest BCUT2D eigenvalue weighted by Crippen LogP contribution is 2.34. The number of hydrogen-bond acceptors (Lipinski definition) is 5. The van der Waals surface area contributed by atoms with Crippen LogP contribution in [0, 0.1) is 10.1 Å². The first kappa shape index (κ1) is 13.0. The van der Waals surface area contributed by atoms with Gasteiger partial charge in [0.05, 0.1) is 30.3 Å². The van der Waals surface area contributed by atoms with Crippen LogP contribution in [0.3, 0.4) is 0 Å². The number of aliphatic hydroxyl groups excluding tert-OH is 1. The summed E-state index contributed by atoms with van der Waals surface area (Å²) in [7, 11) is 1.42. The monoisotopic (exact) mass is 239 g/mol. The summed E-state index contributed by atoms with van der Waals surface area (Å²) in [6.07, 6.45) is 1.52. The van der Waals surface area contributed by atoms with Gasteiger partial charge >= 0.3 is 0 Å². The molecule has 0 radical (unpaired) electrons. The van der Waals surface area contributed by atoms with Crippen molar-refractivity contribution in [2.24, 2.45) is 0 Å². The molecule has 1 aromatic rings. The topological polar surface area (TPSA) is 81.8 Å². The van der Waals surface area contributed by atoms with Crippen molar-refractivity contribution in [3.63, 3.8) is 0 Å². The van der Waals surface area contributed by atoms with Gasteiger partial charge in [-0.3, -0.25) is 10.1 Å². The van der Waals surface area contributed by atoms with Crippen molar-refractivity contribution in [2.45, 2.75) is 6.61 Å². The van der Waals surface area contributed by atoms with Gasteiger partial charge in [0.25, 0.3) is 5.69 Å². The van der Waals surface area contributed by atoms with E-state index < -0.39 is 11.5 Å². The zero-order chi connectivity index (χ0) is 12.8. The van der Waals surface area contributed by atoms with Gasteiger partial charge in [-0.25, -0.2) is 0 Å².